The second kappa shape index (κ2) is 14.8. The van der Waals surface area contributed by atoms with Gasteiger partial charge in [-0.2, -0.15) is 0 Å². The van der Waals surface area contributed by atoms with E-state index in [9.17, 15) is 0 Å². The van der Waals surface area contributed by atoms with Crippen molar-refractivity contribution in [1.82, 2.24) is 0 Å². The van der Waals surface area contributed by atoms with Gasteiger partial charge < -0.3 is 0 Å². The molecule has 0 aliphatic heterocycles. The van der Waals surface area contributed by atoms with E-state index in [-0.39, 0.29) is 0 Å². The fourth-order valence-electron chi connectivity index (χ4n) is 2.36. The molecule has 18 heavy (non-hydrogen) atoms. The minimum atomic E-state index is 0.920. The molecule has 1 atom stereocenters. The summed E-state index contributed by atoms with van der Waals surface area (Å²) in [4.78, 5) is 0. The molecular formula is C18H36. The standard InChI is InChI=1S/C18H36/c1-4-6-8-9-10-11-12-13-14-15-17-18(3)16-7-5-2/h13-14,18H,4-12,15-17H2,1-3H3. The highest BCUT2D eigenvalue weighted by Gasteiger charge is 1.98. The molecule has 0 radical (unpaired) electrons. The number of hydrogen-bond acceptors (Lipinski definition) is 0. The quantitative estimate of drug-likeness (QED) is 0.247. The summed E-state index contributed by atoms with van der Waals surface area (Å²) in [6.45, 7) is 6.97. The SMILES string of the molecule is CCCCCCCCC=CCCC(C)CCCC. The van der Waals surface area contributed by atoms with Gasteiger partial charge in [0.1, 0.15) is 0 Å². The maximum absolute atomic E-state index is 2.41. The first kappa shape index (κ1) is 17.7. The molecule has 0 spiro atoms. The van der Waals surface area contributed by atoms with Crippen molar-refractivity contribution in [3.05, 3.63) is 12.2 Å². The van der Waals surface area contributed by atoms with Gasteiger partial charge in [-0.15, -0.1) is 0 Å². The van der Waals surface area contributed by atoms with Gasteiger partial charge in [0.15, 0.2) is 0 Å². The van der Waals surface area contributed by atoms with Crippen LogP contribution in [0.2, 0.25) is 0 Å². The van der Waals surface area contributed by atoms with Gasteiger partial charge in [-0.1, -0.05) is 84.3 Å². The summed E-state index contributed by atoms with van der Waals surface area (Å²) in [6.07, 6.45) is 21.4. The maximum Gasteiger partial charge on any atom is -0.0348 e. The molecular weight excluding hydrogens is 216 g/mol. The Balaban J connectivity index is 3.17. The summed E-state index contributed by atoms with van der Waals surface area (Å²) >= 11 is 0. The summed E-state index contributed by atoms with van der Waals surface area (Å²) in [5, 5.41) is 0. The molecule has 0 aromatic rings. The molecule has 108 valence electrons. The van der Waals surface area contributed by atoms with Crippen LogP contribution in [0.15, 0.2) is 12.2 Å². The lowest BCUT2D eigenvalue weighted by Crippen LogP contribution is -1.93. The Hall–Kier alpha value is -0.260. The van der Waals surface area contributed by atoms with Gasteiger partial charge in [0.05, 0.1) is 0 Å². The lowest BCUT2D eigenvalue weighted by atomic mass is 9.99. The van der Waals surface area contributed by atoms with Crippen molar-refractivity contribution in [1.29, 1.82) is 0 Å². The van der Waals surface area contributed by atoms with E-state index >= 15 is 0 Å². The molecule has 0 aromatic carbocycles. The highest BCUT2D eigenvalue weighted by molar-refractivity contribution is 4.81. The molecule has 0 aliphatic rings. The van der Waals surface area contributed by atoms with Gasteiger partial charge in [-0.3, -0.25) is 0 Å². The first-order valence-electron chi connectivity index (χ1n) is 8.46. The van der Waals surface area contributed by atoms with Gasteiger partial charge in [0.25, 0.3) is 0 Å². The van der Waals surface area contributed by atoms with E-state index in [0.717, 1.165) is 5.92 Å². The topological polar surface area (TPSA) is 0 Å². The van der Waals surface area contributed by atoms with Crippen molar-refractivity contribution in [2.24, 2.45) is 5.92 Å². The molecule has 0 amide bonds. The summed E-state index contributed by atoms with van der Waals surface area (Å²) in [5.74, 6) is 0.920. The monoisotopic (exact) mass is 252 g/mol. The molecule has 0 aromatic heterocycles. The number of hydrogen-bond donors (Lipinski definition) is 0. The molecule has 0 saturated heterocycles. The number of unbranched alkanes of at least 4 members (excludes halogenated alkanes) is 7. The molecule has 0 rings (SSSR count). The maximum atomic E-state index is 2.41. The third-order valence-electron chi connectivity index (χ3n) is 3.77. The van der Waals surface area contributed by atoms with Gasteiger partial charge in [0.2, 0.25) is 0 Å². The van der Waals surface area contributed by atoms with Crippen LogP contribution in [0.5, 0.6) is 0 Å². The second-order valence-electron chi connectivity index (χ2n) is 5.85. The van der Waals surface area contributed by atoms with E-state index in [1.165, 1.54) is 77.0 Å². The summed E-state index contributed by atoms with van der Waals surface area (Å²) in [7, 11) is 0. The number of allylic oxidation sites excluding steroid dienone is 2. The molecule has 0 fully saturated rings. The average molecular weight is 252 g/mol. The van der Waals surface area contributed by atoms with E-state index in [1.54, 1.807) is 0 Å². The van der Waals surface area contributed by atoms with Crippen LogP contribution >= 0.6 is 0 Å². The van der Waals surface area contributed by atoms with E-state index < -0.39 is 0 Å². The highest BCUT2D eigenvalue weighted by Crippen LogP contribution is 2.14. The molecule has 0 heteroatoms. The van der Waals surface area contributed by atoms with Crippen LogP contribution in [-0.2, 0) is 0 Å². The Morgan fingerprint density at radius 2 is 1.28 bits per heavy atom. The van der Waals surface area contributed by atoms with Crippen LogP contribution in [-0.4, -0.2) is 0 Å². The van der Waals surface area contributed by atoms with Crippen molar-refractivity contribution in [3.8, 4) is 0 Å². The molecule has 0 heterocycles. The molecule has 1 unspecified atom stereocenters. The van der Waals surface area contributed by atoms with Crippen LogP contribution in [0, 0.1) is 5.92 Å². The third kappa shape index (κ3) is 13.8. The minimum Gasteiger partial charge on any atom is -0.0885 e. The molecule has 0 aliphatic carbocycles. The summed E-state index contributed by atoms with van der Waals surface area (Å²) in [5.41, 5.74) is 0. The van der Waals surface area contributed by atoms with Crippen LogP contribution < -0.4 is 0 Å². The van der Waals surface area contributed by atoms with Gasteiger partial charge in [0, 0.05) is 0 Å². The minimum absolute atomic E-state index is 0.920. The Labute approximate surface area is 116 Å². The Bertz CT molecular complexity index is 169. The van der Waals surface area contributed by atoms with Gasteiger partial charge in [-0.25, -0.2) is 0 Å². The zero-order valence-electron chi connectivity index (χ0n) is 13.2. The fourth-order valence-corrected chi connectivity index (χ4v) is 2.36. The summed E-state index contributed by atoms with van der Waals surface area (Å²) in [6, 6.07) is 0. The second-order valence-corrected chi connectivity index (χ2v) is 5.85. The Morgan fingerprint density at radius 3 is 2.00 bits per heavy atom. The largest absolute Gasteiger partial charge is 0.0885 e. The average Bonchev–Trinajstić information content (AvgIpc) is 2.38. The van der Waals surface area contributed by atoms with Crippen molar-refractivity contribution in [2.45, 2.75) is 97.8 Å². The van der Waals surface area contributed by atoms with Crippen molar-refractivity contribution < 1.29 is 0 Å². The van der Waals surface area contributed by atoms with Gasteiger partial charge >= 0.3 is 0 Å². The van der Waals surface area contributed by atoms with E-state index in [4.69, 9.17) is 0 Å². The van der Waals surface area contributed by atoms with Crippen molar-refractivity contribution in [2.75, 3.05) is 0 Å². The number of rotatable bonds is 13. The zero-order valence-corrected chi connectivity index (χ0v) is 13.2. The van der Waals surface area contributed by atoms with Crippen molar-refractivity contribution >= 4 is 0 Å². The highest BCUT2D eigenvalue weighted by atomic mass is 14.0. The molecule has 0 N–H and O–H groups in total. The predicted molar refractivity (Wildman–Crippen MR) is 85.1 cm³/mol. The van der Waals surface area contributed by atoms with Crippen LogP contribution in [0.1, 0.15) is 97.8 Å². The molecule has 0 saturated carbocycles. The zero-order chi connectivity index (χ0) is 13.5. The van der Waals surface area contributed by atoms with E-state index in [2.05, 4.69) is 32.9 Å². The Morgan fingerprint density at radius 1 is 0.667 bits per heavy atom. The lowest BCUT2D eigenvalue weighted by Gasteiger charge is -2.07. The van der Waals surface area contributed by atoms with Crippen LogP contribution in [0.25, 0.3) is 0 Å². The van der Waals surface area contributed by atoms with Crippen molar-refractivity contribution in [3.63, 3.8) is 0 Å². The normalized spacial score (nSPS) is 13.3. The van der Waals surface area contributed by atoms with E-state index in [1.807, 2.05) is 0 Å². The predicted octanol–water partition coefficient (Wildman–Crippen LogP) is 6.90. The smallest absolute Gasteiger partial charge is 0.0348 e. The lowest BCUT2D eigenvalue weighted by molar-refractivity contribution is 0.475. The van der Waals surface area contributed by atoms with Crippen LogP contribution in [0.4, 0.5) is 0 Å². The summed E-state index contributed by atoms with van der Waals surface area (Å²) < 4.78 is 0. The first-order valence-corrected chi connectivity index (χ1v) is 8.46. The van der Waals surface area contributed by atoms with Crippen LogP contribution in [0.3, 0.4) is 0 Å². The van der Waals surface area contributed by atoms with E-state index in [0.29, 0.717) is 0 Å². The molecule has 0 bridgehead atoms. The Kier molecular flexibility index (Phi) is 14.6. The molecule has 0 nitrogen and oxygen atoms in total. The first-order chi connectivity index (χ1) is 8.81. The fraction of sp³-hybridized carbons (Fsp3) is 0.889. The third-order valence-corrected chi connectivity index (χ3v) is 3.77. The van der Waals surface area contributed by atoms with Gasteiger partial charge in [-0.05, 0) is 31.6 Å².